The molecule has 3 rings (SSSR count). The van der Waals surface area contributed by atoms with Gasteiger partial charge in [-0.15, -0.1) is 10.2 Å². The molecule has 0 aliphatic carbocycles. The van der Waals surface area contributed by atoms with Crippen LogP contribution in [0.2, 0.25) is 0 Å². The fraction of sp³-hybridized carbons (Fsp3) is 0.286. The topological polar surface area (TPSA) is 77.2 Å². The Hall–Kier alpha value is -2.32. The minimum Gasteiger partial charge on any atom is -0.484 e. The molecule has 6 nitrogen and oxygen atoms in total. The summed E-state index contributed by atoms with van der Waals surface area (Å²) in [5.41, 5.74) is 4.26. The zero-order valence-electron chi connectivity index (χ0n) is 16.5. The summed E-state index contributed by atoms with van der Waals surface area (Å²) in [5, 5.41) is 11.1. The van der Waals surface area contributed by atoms with Gasteiger partial charge in [-0.25, -0.2) is 0 Å². The second kappa shape index (κ2) is 9.93. The Balaban J connectivity index is 1.48. The number of rotatable bonds is 8. The van der Waals surface area contributed by atoms with E-state index in [1.54, 1.807) is 0 Å². The molecule has 2 aromatic carbocycles. The van der Waals surface area contributed by atoms with Gasteiger partial charge in [0.2, 0.25) is 5.91 Å². The molecule has 0 bridgehead atoms. The largest absolute Gasteiger partial charge is 0.484 e. The molecule has 0 saturated heterocycles. The molecule has 29 heavy (non-hydrogen) atoms. The van der Waals surface area contributed by atoms with Crippen molar-refractivity contribution in [2.45, 2.75) is 39.0 Å². The van der Waals surface area contributed by atoms with Gasteiger partial charge in [0.05, 0.1) is 11.4 Å². The highest BCUT2D eigenvalue weighted by Crippen LogP contribution is 2.26. The van der Waals surface area contributed by atoms with Crippen LogP contribution in [-0.4, -0.2) is 21.9 Å². The van der Waals surface area contributed by atoms with Crippen LogP contribution in [-0.2, 0) is 17.8 Å². The molecule has 0 spiro atoms. The van der Waals surface area contributed by atoms with Crippen molar-refractivity contribution in [2.24, 2.45) is 0 Å². The molecule has 0 saturated carbocycles. The van der Waals surface area contributed by atoms with Gasteiger partial charge >= 0.3 is 0 Å². The average Bonchev–Trinajstić information content (AvgIpc) is 3.17. The molecule has 3 aromatic rings. The number of amides is 1. The molecule has 0 radical (unpaired) electrons. The number of aryl methyl sites for hydroxylation is 3. The first kappa shape index (κ1) is 21.4. The van der Waals surface area contributed by atoms with E-state index in [1.807, 2.05) is 50.2 Å². The first-order chi connectivity index (χ1) is 13.9. The lowest BCUT2D eigenvalue weighted by molar-refractivity contribution is -0.113. The van der Waals surface area contributed by atoms with Gasteiger partial charge in [0.1, 0.15) is 5.75 Å². The van der Waals surface area contributed by atoms with E-state index < -0.39 is 0 Å². The lowest BCUT2D eigenvalue weighted by atomic mass is 10.1. The Kier molecular flexibility index (Phi) is 7.33. The average molecular weight is 476 g/mol. The van der Waals surface area contributed by atoms with Gasteiger partial charge in [0.25, 0.3) is 11.1 Å². The van der Waals surface area contributed by atoms with Crippen LogP contribution in [0.15, 0.2) is 50.5 Å². The van der Waals surface area contributed by atoms with Gasteiger partial charge in [-0.1, -0.05) is 30.8 Å². The van der Waals surface area contributed by atoms with E-state index in [2.05, 4.69) is 38.4 Å². The fourth-order valence-corrected chi connectivity index (χ4v) is 3.65. The van der Waals surface area contributed by atoms with E-state index in [9.17, 15) is 4.79 Å². The number of nitrogens with zero attached hydrogens (tertiary/aromatic N) is 2. The quantitative estimate of drug-likeness (QED) is 0.444. The number of ether oxygens (including phenoxy) is 1. The lowest BCUT2D eigenvalue weighted by Crippen LogP contribution is -2.14. The highest BCUT2D eigenvalue weighted by Gasteiger charge is 2.12. The van der Waals surface area contributed by atoms with Crippen molar-refractivity contribution >= 4 is 39.3 Å². The van der Waals surface area contributed by atoms with E-state index in [0.29, 0.717) is 11.1 Å². The van der Waals surface area contributed by atoms with Crippen LogP contribution < -0.4 is 10.1 Å². The van der Waals surface area contributed by atoms with Crippen molar-refractivity contribution < 1.29 is 13.9 Å². The van der Waals surface area contributed by atoms with Crippen LogP contribution in [0, 0.1) is 13.8 Å². The van der Waals surface area contributed by atoms with Gasteiger partial charge in [-0.2, -0.15) is 0 Å². The predicted octanol–water partition coefficient (Wildman–Crippen LogP) is 5.32. The van der Waals surface area contributed by atoms with Gasteiger partial charge in [-0.3, -0.25) is 4.79 Å². The zero-order valence-corrected chi connectivity index (χ0v) is 18.9. The Morgan fingerprint density at radius 2 is 1.90 bits per heavy atom. The first-order valence-corrected chi connectivity index (χ1v) is 11.0. The minimum absolute atomic E-state index is 0.147. The number of halogens is 1. The van der Waals surface area contributed by atoms with Crippen molar-refractivity contribution in [1.82, 2.24) is 10.2 Å². The lowest BCUT2D eigenvalue weighted by Gasteiger charge is -2.09. The summed E-state index contributed by atoms with van der Waals surface area (Å²) in [6, 6.07) is 11.8. The van der Waals surface area contributed by atoms with Crippen LogP contribution >= 0.6 is 27.7 Å². The summed E-state index contributed by atoms with van der Waals surface area (Å²) in [5.74, 6) is 1.13. The third-order valence-electron chi connectivity index (χ3n) is 4.33. The fourth-order valence-electron chi connectivity index (χ4n) is 2.51. The molecule has 1 amide bonds. The third kappa shape index (κ3) is 6.08. The van der Waals surface area contributed by atoms with Crippen molar-refractivity contribution in [3.05, 3.63) is 63.5 Å². The summed E-state index contributed by atoms with van der Waals surface area (Å²) in [6.45, 7) is 6.32. The van der Waals surface area contributed by atoms with Crippen LogP contribution in [0.3, 0.4) is 0 Å². The number of hydrogen-bond acceptors (Lipinski definition) is 6. The number of carbonyl (C=O) groups excluding carboxylic acids is 1. The van der Waals surface area contributed by atoms with Gasteiger partial charge in [0.15, 0.2) is 6.61 Å². The molecule has 1 heterocycles. The normalized spacial score (nSPS) is 10.8. The van der Waals surface area contributed by atoms with Crippen LogP contribution in [0.5, 0.6) is 5.75 Å². The van der Waals surface area contributed by atoms with Crippen molar-refractivity contribution in [3.8, 4) is 5.75 Å². The van der Waals surface area contributed by atoms with Crippen LogP contribution in [0.4, 0.5) is 5.69 Å². The molecule has 0 unspecified atom stereocenters. The SMILES string of the molecule is CCc1ccc(OCc2nnc(SCC(=O)Nc3cc(C)c(C)cc3Br)o2)cc1. The highest BCUT2D eigenvalue weighted by atomic mass is 79.9. The Labute approximate surface area is 182 Å². The van der Waals surface area contributed by atoms with Crippen molar-refractivity contribution in [3.63, 3.8) is 0 Å². The van der Waals surface area contributed by atoms with Crippen LogP contribution in [0.1, 0.15) is 29.5 Å². The van der Waals surface area contributed by atoms with Gasteiger partial charge in [-0.05, 0) is 77.2 Å². The zero-order chi connectivity index (χ0) is 20.8. The predicted molar refractivity (Wildman–Crippen MR) is 117 cm³/mol. The molecule has 0 aliphatic rings. The Morgan fingerprint density at radius 1 is 1.17 bits per heavy atom. The third-order valence-corrected chi connectivity index (χ3v) is 5.80. The number of benzene rings is 2. The van der Waals surface area contributed by atoms with Crippen molar-refractivity contribution in [2.75, 3.05) is 11.1 Å². The maximum atomic E-state index is 12.2. The molecular weight excluding hydrogens is 454 g/mol. The van der Waals surface area contributed by atoms with E-state index in [1.165, 1.54) is 17.3 Å². The minimum atomic E-state index is -0.147. The molecule has 8 heteroatoms. The number of nitrogens with one attached hydrogen (secondary N) is 1. The molecule has 0 atom stereocenters. The van der Waals surface area contributed by atoms with E-state index in [0.717, 1.165) is 33.5 Å². The molecule has 1 aromatic heterocycles. The number of aromatic nitrogens is 2. The van der Waals surface area contributed by atoms with E-state index >= 15 is 0 Å². The van der Waals surface area contributed by atoms with Crippen LogP contribution in [0.25, 0.3) is 0 Å². The second-order valence-electron chi connectivity index (χ2n) is 6.50. The Bertz CT molecular complexity index is 989. The molecule has 0 aliphatic heterocycles. The summed E-state index contributed by atoms with van der Waals surface area (Å²) in [4.78, 5) is 12.2. The Morgan fingerprint density at radius 3 is 2.62 bits per heavy atom. The summed E-state index contributed by atoms with van der Waals surface area (Å²) in [6.07, 6.45) is 0.985. The maximum Gasteiger partial charge on any atom is 0.277 e. The maximum absolute atomic E-state index is 12.2. The smallest absolute Gasteiger partial charge is 0.277 e. The summed E-state index contributed by atoms with van der Waals surface area (Å²) < 4.78 is 12.0. The molecule has 0 fully saturated rings. The highest BCUT2D eigenvalue weighted by molar-refractivity contribution is 9.10. The molecule has 1 N–H and O–H groups in total. The summed E-state index contributed by atoms with van der Waals surface area (Å²) in [7, 11) is 0. The second-order valence-corrected chi connectivity index (χ2v) is 8.28. The monoisotopic (exact) mass is 475 g/mol. The number of anilines is 1. The number of thioether (sulfide) groups is 1. The van der Waals surface area contributed by atoms with E-state index in [4.69, 9.17) is 9.15 Å². The number of carbonyl (C=O) groups is 1. The molecule has 152 valence electrons. The van der Waals surface area contributed by atoms with Gasteiger partial charge < -0.3 is 14.5 Å². The van der Waals surface area contributed by atoms with Gasteiger partial charge in [0, 0.05) is 4.47 Å². The van der Waals surface area contributed by atoms with Crippen molar-refractivity contribution in [1.29, 1.82) is 0 Å². The summed E-state index contributed by atoms with van der Waals surface area (Å²) >= 11 is 4.66. The number of hydrogen-bond donors (Lipinski definition) is 1. The standard InChI is InChI=1S/C21H22BrN3O3S/c1-4-15-5-7-16(8-6-15)27-11-20-24-25-21(28-20)29-12-19(26)23-18-10-14(3)13(2)9-17(18)22/h5-10H,4,11-12H2,1-3H3,(H,23,26). The molecular formula is C21H22BrN3O3S. The first-order valence-electron chi connectivity index (χ1n) is 9.18. The van der Waals surface area contributed by atoms with E-state index in [-0.39, 0.29) is 18.3 Å².